The Hall–Kier alpha value is -2.24. The normalized spacial score (nSPS) is 19.4. The minimum absolute atomic E-state index is 0.00167. The second-order valence-corrected chi connectivity index (χ2v) is 7.58. The SMILES string of the molecule is O=C(CC1(Cn2cnnn2)CCCCC1)N1CCc2ccccc2C1. The van der Waals surface area contributed by atoms with Gasteiger partial charge in [0.05, 0.1) is 6.54 Å². The Bertz CT molecular complexity index is 721. The van der Waals surface area contributed by atoms with E-state index in [4.69, 9.17) is 0 Å². The fourth-order valence-corrected chi connectivity index (χ4v) is 4.43. The minimum Gasteiger partial charge on any atom is -0.338 e. The standard InChI is InChI=1S/C19H25N5O/c25-18(23-11-8-16-6-2-3-7-17(16)13-23)12-19(9-4-1-5-10-19)14-24-15-20-21-22-24/h2-3,6-7,15H,1,4-5,8-14H2. The Kier molecular flexibility index (Phi) is 4.51. The zero-order valence-corrected chi connectivity index (χ0v) is 14.6. The van der Waals surface area contributed by atoms with Crippen molar-refractivity contribution in [2.75, 3.05) is 6.54 Å². The molecule has 0 saturated heterocycles. The van der Waals surface area contributed by atoms with Gasteiger partial charge in [-0.15, -0.1) is 5.10 Å². The molecule has 2 aliphatic rings. The summed E-state index contributed by atoms with van der Waals surface area (Å²) in [6.45, 7) is 2.32. The lowest BCUT2D eigenvalue weighted by Crippen LogP contribution is -2.41. The number of tetrazole rings is 1. The van der Waals surface area contributed by atoms with Crippen LogP contribution in [0.2, 0.25) is 0 Å². The van der Waals surface area contributed by atoms with E-state index in [2.05, 4.69) is 39.8 Å². The molecule has 6 nitrogen and oxygen atoms in total. The molecule has 6 heteroatoms. The fraction of sp³-hybridized carbons (Fsp3) is 0.579. The van der Waals surface area contributed by atoms with Crippen LogP contribution in [0.15, 0.2) is 30.6 Å². The van der Waals surface area contributed by atoms with E-state index in [1.54, 1.807) is 11.0 Å². The van der Waals surface area contributed by atoms with E-state index >= 15 is 0 Å². The molecule has 1 fully saturated rings. The Balaban J connectivity index is 1.47. The van der Waals surface area contributed by atoms with Gasteiger partial charge in [0, 0.05) is 19.5 Å². The average Bonchev–Trinajstić information content (AvgIpc) is 3.14. The van der Waals surface area contributed by atoms with Gasteiger partial charge in [0.15, 0.2) is 0 Å². The van der Waals surface area contributed by atoms with E-state index < -0.39 is 0 Å². The summed E-state index contributed by atoms with van der Waals surface area (Å²) in [4.78, 5) is 15.1. The van der Waals surface area contributed by atoms with Gasteiger partial charge < -0.3 is 4.90 Å². The summed E-state index contributed by atoms with van der Waals surface area (Å²) in [5, 5.41) is 11.5. The van der Waals surface area contributed by atoms with E-state index in [1.807, 2.05) is 4.90 Å². The number of hydrogen-bond donors (Lipinski definition) is 0. The Morgan fingerprint density at radius 2 is 1.92 bits per heavy atom. The molecule has 1 aromatic heterocycles. The lowest BCUT2D eigenvalue weighted by atomic mass is 9.71. The van der Waals surface area contributed by atoms with Gasteiger partial charge in [0.1, 0.15) is 6.33 Å². The monoisotopic (exact) mass is 339 g/mol. The molecule has 0 spiro atoms. The van der Waals surface area contributed by atoms with E-state index in [0.717, 1.165) is 38.9 Å². The van der Waals surface area contributed by atoms with Crippen LogP contribution in [0.3, 0.4) is 0 Å². The van der Waals surface area contributed by atoms with Gasteiger partial charge in [-0.05, 0) is 46.2 Å². The number of hydrogen-bond acceptors (Lipinski definition) is 4. The van der Waals surface area contributed by atoms with Gasteiger partial charge in [0.25, 0.3) is 0 Å². The Morgan fingerprint density at radius 3 is 2.68 bits per heavy atom. The molecule has 1 saturated carbocycles. The second kappa shape index (κ2) is 6.94. The summed E-state index contributed by atoms with van der Waals surface area (Å²) in [6.07, 6.45) is 9.06. The zero-order valence-electron chi connectivity index (χ0n) is 14.6. The predicted octanol–water partition coefficient (Wildman–Crippen LogP) is 2.60. The smallest absolute Gasteiger partial charge is 0.223 e. The lowest BCUT2D eigenvalue weighted by Gasteiger charge is -2.39. The number of carbonyl (C=O) groups excluding carboxylic acids is 1. The molecular formula is C19H25N5O. The predicted molar refractivity (Wildman–Crippen MR) is 93.5 cm³/mol. The maximum atomic E-state index is 13.1. The maximum absolute atomic E-state index is 13.1. The van der Waals surface area contributed by atoms with Crippen LogP contribution in [0.1, 0.15) is 49.7 Å². The van der Waals surface area contributed by atoms with Crippen molar-refractivity contribution in [1.82, 2.24) is 25.1 Å². The van der Waals surface area contributed by atoms with E-state index in [0.29, 0.717) is 6.42 Å². The van der Waals surface area contributed by atoms with Gasteiger partial charge in [-0.2, -0.15) is 0 Å². The summed E-state index contributed by atoms with van der Waals surface area (Å²) < 4.78 is 1.80. The molecular weight excluding hydrogens is 314 g/mol. The third-order valence-electron chi connectivity index (χ3n) is 5.81. The number of amides is 1. The first kappa shape index (κ1) is 16.2. The average molecular weight is 339 g/mol. The van der Waals surface area contributed by atoms with Crippen LogP contribution in [0.25, 0.3) is 0 Å². The molecule has 0 radical (unpaired) electrons. The van der Waals surface area contributed by atoms with E-state index in [-0.39, 0.29) is 11.3 Å². The molecule has 1 aromatic carbocycles. The van der Waals surface area contributed by atoms with Crippen molar-refractivity contribution >= 4 is 5.91 Å². The molecule has 2 aromatic rings. The van der Waals surface area contributed by atoms with Crippen molar-refractivity contribution in [2.24, 2.45) is 5.41 Å². The topological polar surface area (TPSA) is 63.9 Å². The molecule has 0 unspecified atom stereocenters. The number of aromatic nitrogens is 4. The van der Waals surface area contributed by atoms with Crippen LogP contribution < -0.4 is 0 Å². The van der Waals surface area contributed by atoms with Crippen LogP contribution in [0.5, 0.6) is 0 Å². The van der Waals surface area contributed by atoms with Crippen molar-refractivity contribution in [3.8, 4) is 0 Å². The second-order valence-electron chi connectivity index (χ2n) is 7.58. The highest BCUT2D eigenvalue weighted by Gasteiger charge is 2.37. The van der Waals surface area contributed by atoms with Gasteiger partial charge in [-0.3, -0.25) is 4.79 Å². The summed E-state index contributed by atoms with van der Waals surface area (Å²) >= 11 is 0. The summed E-state index contributed by atoms with van der Waals surface area (Å²) in [5.74, 6) is 0.282. The molecule has 25 heavy (non-hydrogen) atoms. The summed E-state index contributed by atoms with van der Waals surface area (Å²) in [5.41, 5.74) is 2.68. The summed E-state index contributed by atoms with van der Waals surface area (Å²) in [7, 11) is 0. The van der Waals surface area contributed by atoms with Crippen LogP contribution in [-0.2, 0) is 24.3 Å². The van der Waals surface area contributed by atoms with Crippen molar-refractivity contribution in [3.63, 3.8) is 0 Å². The van der Waals surface area contributed by atoms with Gasteiger partial charge in [-0.25, -0.2) is 4.68 Å². The van der Waals surface area contributed by atoms with Gasteiger partial charge in [0.2, 0.25) is 5.91 Å². The van der Waals surface area contributed by atoms with Crippen LogP contribution in [0.4, 0.5) is 0 Å². The molecule has 1 aliphatic heterocycles. The number of benzene rings is 1. The third-order valence-corrected chi connectivity index (χ3v) is 5.81. The Morgan fingerprint density at radius 1 is 1.12 bits per heavy atom. The van der Waals surface area contributed by atoms with E-state index in [1.165, 1.54) is 30.4 Å². The first-order valence-electron chi connectivity index (χ1n) is 9.30. The first-order valence-corrected chi connectivity index (χ1v) is 9.30. The third kappa shape index (κ3) is 3.57. The molecule has 1 amide bonds. The largest absolute Gasteiger partial charge is 0.338 e. The van der Waals surface area contributed by atoms with Crippen molar-refractivity contribution in [1.29, 1.82) is 0 Å². The van der Waals surface area contributed by atoms with Gasteiger partial charge in [-0.1, -0.05) is 43.5 Å². The maximum Gasteiger partial charge on any atom is 0.223 e. The highest BCUT2D eigenvalue weighted by atomic mass is 16.2. The molecule has 2 heterocycles. The minimum atomic E-state index is 0.00167. The van der Waals surface area contributed by atoms with Crippen molar-refractivity contribution in [2.45, 2.75) is 58.0 Å². The molecule has 0 N–H and O–H groups in total. The first-order chi connectivity index (χ1) is 12.2. The number of carbonyl (C=O) groups is 1. The highest BCUT2D eigenvalue weighted by Crippen LogP contribution is 2.41. The molecule has 4 rings (SSSR count). The lowest BCUT2D eigenvalue weighted by molar-refractivity contribution is -0.135. The number of nitrogens with zero attached hydrogens (tertiary/aromatic N) is 5. The van der Waals surface area contributed by atoms with Crippen molar-refractivity contribution < 1.29 is 4.79 Å². The molecule has 1 aliphatic carbocycles. The summed E-state index contributed by atoms with van der Waals surface area (Å²) in [6, 6.07) is 8.47. The number of fused-ring (bicyclic) bond motifs is 1. The highest BCUT2D eigenvalue weighted by molar-refractivity contribution is 5.77. The van der Waals surface area contributed by atoms with Crippen LogP contribution in [-0.4, -0.2) is 37.6 Å². The van der Waals surface area contributed by atoms with Crippen LogP contribution >= 0.6 is 0 Å². The molecule has 0 atom stereocenters. The van der Waals surface area contributed by atoms with Crippen LogP contribution in [0, 0.1) is 5.41 Å². The number of rotatable bonds is 4. The fourth-order valence-electron chi connectivity index (χ4n) is 4.43. The quantitative estimate of drug-likeness (QED) is 0.859. The van der Waals surface area contributed by atoms with E-state index in [9.17, 15) is 4.79 Å². The van der Waals surface area contributed by atoms with Crippen molar-refractivity contribution in [3.05, 3.63) is 41.7 Å². The zero-order chi connectivity index (χ0) is 17.1. The van der Waals surface area contributed by atoms with Gasteiger partial charge >= 0.3 is 0 Å². The molecule has 132 valence electrons. The Labute approximate surface area is 148 Å². The molecule has 0 bridgehead atoms.